The predicted octanol–water partition coefficient (Wildman–Crippen LogP) is -0.571. The summed E-state index contributed by atoms with van der Waals surface area (Å²) in [6.45, 7) is 0. The number of amides is 2. The number of phenolic OH excluding ortho intramolecular Hbond substituents is 1. The van der Waals surface area contributed by atoms with Crippen LogP contribution in [0.4, 0.5) is 0 Å². The number of fused-ring (bicyclic) bond motifs is 1. The zero-order chi connectivity index (χ0) is 26.2. The molecule has 1 fully saturated rings. The Morgan fingerprint density at radius 3 is 2.67 bits per heavy atom. The third-order valence-corrected chi connectivity index (χ3v) is 8.20. The van der Waals surface area contributed by atoms with Gasteiger partial charge < -0.3 is 21.3 Å². The molecule has 1 aromatic heterocycles. The minimum atomic E-state index is -4.29. The number of hydrogen-bond acceptors (Lipinski definition) is 11. The molecule has 1 unspecified atom stereocenters. The maximum Gasteiger partial charge on any atom is 0.352 e. The summed E-state index contributed by atoms with van der Waals surface area (Å²) in [5.74, 6) is -2.97. The van der Waals surface area contributed by atoms with Crippen molar-refractivity contribution in [3.8, 4) is 5.75 Å². The average molecular weight is 557 g/mol. The van der Waals surface area contributed by atoms with Crippen molar-refractivity contribution >= 4 is 51.4 Å². The van der Waals surface area contributed by atoms with E-state index in [-0.39, 0.29) is 33.9 Å². The van der Waals surface area contributed by atoms with Crippen LogP contribution < -0.4 is 11.1 Å². The van der Waals surface area contributed by atoms with Crippen molar-refractivity contribution in [2.75, 3.05) is 11.5 Å². The number of benzene rings is 1. The molecule has 4 rings (SSSR count). The maximum absolute atomic E-state index is 12.8. The molecule has 14 nitrogen and oxygen atoms in total. The van der Waals surface area contributed by atoms with E-state index in [4.69, 9.17) is 10.3 Å². The van der Waals surface area contributed by atoms with Gasteiger partial charge in [-0.15, -0.1) is 16.9 Å². The summed E-state index contributed by atoms with van der Waals surface area (Å²) < 4.78 is 30.8. The molecule has 1 aromatic carbocycles. The number of aliphatic carboxylic acids is 1. The van der Waals surface area contributed by atoms with Crippen LogP contribution in [0.15, 0.2) is 40.7 Å². The van der Waals surface area contributed by atoms with E-state index in [0.717, 1.165) is 16.7 Å². The van der Waals surface area contributed by atoms with Gasteiger partial charge in [0.1, 0.15) is 40.5 Å². The number of carbonyl (C=O) groups is 3. The molecule has 17 heteroatoms. The summed E-state index contributed by atoms with van der Waals surface area (Å²) in [6.07, 6.45) is 0. The van der Waals surface area contributed by atoms with Crippen LogP contribution in [0.25, 0.3) is 0 Å². The molecule has 7 N–H and O–H groups in total. The number of carbonyl (C=O) groups excluding carboxylic acids is 2. The summed E-state index contributed by atoms with van der Waals surface area (Å²) in [4.78, 5) is 42.5. The molecule has 192 valence electrons. The third-order valence-electron chi connectivity index (χ3n) is 5.29. The molecule has 2 aliphatic rings. The third kappa shape index (κ3) is 5.49. The Morgan fingerprint density at radius 2 is 2.03 bits per heavy atom. The van der Waals surface area contributed by atoms with Crippen LogP contribution in [0, 0.1) is 0 Å². The molecule has 1 saturated heterocycles. The minimum Gasteiger partial charge on any atom is -0.508 e. The van der Waals surface area contributed by atoms with E-state index < -0.39 is 51.1 Å². The first kappa shape index (κ1) is 26.0. The monoisotopic (exact) mass is 556 g/mol. The number of nitrogens with one attached hydrogen (secondary N) is 2. The second-order valence-corrected chi connectivity index (χ2v) is 11.3. The SMILES string of the molecule is N[C@@H](C(=O)NC1C(=O)N2C(C(=O)O)=C(CSc3n[nH]c(CS(=O)(=O)O)n3)CS[C@H]12)c1ccc(O)cc1. The largest absolute Gasteiger partial charge is 0.508 e. The zero-order valence-corrected chi connectivity index (χ0v) is 20.6. The van der Waals surface area contributed by atoms with Gasteiger partial charge in [0, 0.05) is 11.5 Å². The van der Waals surface area contributed by atoms with Crippen molar-refractivity contribution in [2.24, 2.45) is 5.73 Å². The summed E-state index contributed by atoms with van der Waals surface area (Å²) >= 11 is 2.31. The second-order valence-electron chi connectivity index (χ2n) is 7.80. The van der Waals surface area contributed by atoms with Crippen molar-refractivity contribution in [1.82, 2.24) is 25.4 Å². The molecular weight excluding hydrogens is 536 g/mol. The summed E-state index contributed by atoms with van der Waals surface area (Å²) in [5.41, 5.74) is 6.63. The van der Waals surface area contributed by atoms with Gasteiger partial charge in [0.05, 0.1) is 0 Å². The topological polar surface area (TPSA) is 229 Å². The number of β-lactam (4-membered cyclic amide) rings is 1. The van der Waals surface area contributed by atoms with Crippen molar-refractivity contribution in [1.29, 1.82) is 0 Å². The zero-order valence-electron chi connectivity index (χ0n) is 18.2. The van der Waals surface area contributed by atoms with E-state index in [1.54, 1.807) is 0 Å². The molecule has 2 aromatic rings. The molecule has 0 radical (unpaired) electrons. The van der Waals surface area contributed by atoms with E-state index in [1.165, 1.54) is 36.0 Å². The number of carboxylic acids is 1. The summed E-state index contributed by atoms with van der Waals surface area (Å²) in [7, 11) is -4.29. The molecule has 3 atom stereocenters. The summed E-state index contributed by atoms with van der Waals surface area (Å²) in [6, 6.07) is 3.69. The molecule has 0 spiro atoms. The number of phenols is 1. The number of nitrogens with zero attached hydrogens (tertiary/aromatic N) is 3. The number of hydrogen-bond donors (Lipinski definition) is 6. The van der Waals surface area contributed by atoms with E-state index >= 15 is 0 Å². The van der Waals surface area contributed by atoms with Crippen molar-refractivity contribution < 1.29 is 37.6 Å². The molecule has 0 aliphatic carbocycles. The molecule has 0 bridgehead atoms. The molecular formula is C19H20N6O8S3. The van der Waals surface area contributed by atoms with Gasteiger partial charge in [-0.05, 0) is 23.3 Å². The number of nitrogens with two attached hydrogens (primary N) is 1. The lowest BCUT2D eigenvalue weighted by Crippen LogP contribution is -2.71. The number of aromatic hydroxyl groups is 1. The van der Waals surface area contributed by atoms with Crippen LogP contribution in [-0.4, -0.2) is 84.0 Å². The van der Waals surface area contributed by atoms with Gasteiger partial charge in [0.2, 0.25) is 11.1 Å². The van der Waals surface area contributed by atoms with Crippen LogP contribution in [0.3, 0.4) is 0 Å². The van der Waals surface area contributed by atoms with Crippen LogP contribution in [0.5, 0.6) is 5.75 Å². The Morgan fingerprint density at radius 1 is 1.33 bits per heavy atom. The maximum atomic E-state index is 12.8. The molecule has 0 saturated carbocycles. The number of carboxylic acid groups (broad SMARTS) is 1. The van der Waals surface area contributed by atoms with E-state index in [1.807, 2.05) is 0 Å². The first-order valence-electron chi connectivity index (χ1n) is 10.2. The fourth-order valence-electron chi connectivity index (χ4n) is 3.60. The van der Waals surface area contributed by atoms with E-state index in [9.17, 15) is 33.0 Å². The first-order chi connectivity index (χ1) is 16.9. The molecule has 2 amide bonds. The number of rotatable bonds is 9. The highest BCUT2D eigenvalue weighted by Crippen LogP contribution is 2.41. The van der Waals surface area contributed by atoms with Crippen molar-refractivity contribution in [2.45, 2.75) is 28.4 Å². The normalized spacial score (nSPS) is 20.5. The fourth-order valence-corrected chi connectivity index (χ4v) is 6.38. The van der Waals surface area contributed by atoms with Gasteiger partial charge in [-0.25, -0.2) is 9.78 Å². The highest BCUT2D eigenvalue weighted by Gasteiger charge is 2.54. The standard InChI is InChI=1S/C19H20N6O8S3/c20-12(8-1-3-10(26)4-2-8)15(27)22-13-16(28)25-14(18(29)30)9(5-34-17(13)25)6-35-19-21-11(23-24-19)7-36(31,32)33/h1-4,12-13,17,26H,5-7,20H2,(H,22,27)(H,29,30)(H,21,23,24)(H,31,32,33)/t12-,13?,17-/m1/s1. The van der Waals surface area contributed by atoms with E-state index in [2.05, 4.69) is 20.5 Å². The Labute approximate surface area is 212 Å². The smallest absolute Gasteiger partial charge is 0.352 e. The van der Waals surface area contributed by atoms with Gasteiger partial charge in [-0.1, -0.05) is 23.9 Å². The highest BCUT2D eigenvalue weighted by molar-refractivity contribution is 8.01. The Hall–Kier alpha value is -3.12. The lowest BCUT2D eigenvalue weighted by molar-refractivity contribution is -0.150. The minimum absolute atomic E-state index is 0.0124. The lowest BCUT2D eigenvalue weighted by atomic mass is 10.0. The number of H-pyrrole nitrogens is 1. The van der Waals surface area contributed by atoms with Gasteiger partial charge in [0.15, 0.2) is 0 Å². The molecule has 3 heterocycles. The second kappa shape index (κ2) is 10.1. The van der Waals surface area contributed by atoms with Gasteiger partial charge >= 0.3 is 5.97 Å². The van der Waals surface area contributed by atoms with Crippen LogP contribution in [0.1, 0.15) is 17.4 Å². The van der Waals surface area contributed by atoms with Crippen LogP contribution in [-0.2, 0) is 30.3 Å². The first-order valence-corrected chi connectivity index (χ1v) is 13.8. The van der Waals surface area contributed by atoms with Crippen molar-refractivity contribution in [3.05, 3.63) is 46.9 Å². The number of aromatic nitrogens is 3. The summed E-state index contributed by atoms with van der Waals surface area (Å²) in [5, 5.41) is 27.5. The van der Waals surface area contributed by atoms with Gasteiger partial charge in [0.25, 0.3) is 16.0 Å². The lowest BCUT2D eigenvalue weighted by Gasteiger charge is -2.49. The Balaban J connectivity index is 1.42. The predicted molar refractivity (Wildman–Crippen MR) is 127 cm³/mol. The van der Waals surface area contributed by atoms with Crippen LogP contribution >= 0.6 is 23.5 Å². The highest BCUT2D eigenvalue weighted by atomic mass is 32.2. The van der Waals surface area contributed by atoms with Gasteiger partial charge in [-0.2, -0.15) is 8.42 Å². The molecule has 36 heavy (non-hydrogen) atoms. The van der Waals surface area contributed by atoms with Crippen LogP contribution in [0.2, 0.25) is 0 Å². The van der Waals surface area contributed by atoms with Gasteiger partial charge in [-0.3, -0.25) is 24.1 Å². The van der Waals surface area contributed by atoms with E-state index in [0.29, 0.717) is 11.1 Å². The molecule has 2 aliphatic heterocycles. The fraction of sp³-hybridized carbons (Fsp3) is 0.316. The number of thioether (sulfide) groups is 2. The average Bonchev–Trinajstić information content (AvgIpc) is 3.25. The Bertz CT molecular complexity index is 1340. The Kier molecular flexibility index (Phi) is 7.28. The quantitative estimate of drug-likeness (QED) is 0.129. The van der Waals surface area contributed by atoms with Crippen molar-refractivity contribution in [3.63, 3.8) is 0 Å². The number of aromatic amines is 1.